The number of thiazole rings is 1. The molecule has 1 heterocycles. The average Bonchev–Trinajstić information content (AvgIpc) is 2.55. The molecule has 1 unspecified atom stereocenters. The SMILES string of the molecule is Cc1nc(NC(=O)OC(C)(C)C)sc1C(F)CN. The van der Waals surface area contributed by atoms with Crippen molar-refractivity contribution in [3.63, 3.8) is 0 Å². The Morgan fingerprint density at radius 1 is 1.61 bits per heavy atom. The van der Waals surface area contributed by atoms with Gasteiger partial charge in [0.1, 0.15) is 11.8 Å². The normalized spacial score (nSPS) is 13.2. The molecular formula is C11H18FN3O2S. The zero-order valence-corrected chi connectivity index (χ0v) is 11.7. The van der Waals surface area contributed by atoms with Crippen molar-refractivity contribution in [3.8, 4) is 0 Å². The van der Waals surface area contributed by atoms with Crippen LogP contribution in [0.5, 0.6) is 0 Å². The van der Waals surface area contributed by atoms with Crippen molar-refractivity contribution in [2.45, 2.75) is 39.5 Å². The predicted octanol–water partition coefficient (Wildman–Crippen LogP) is 2.77. The molecule has 7 heteroatoms. The molecule has 0 bridgehead atoms. The van der Waals surface area contributed by atoms with Gasteiger partial charge in [-0.15, -0.1) is 0 Å². The van der Waals surface area contributed by atoms with E-state index in [1.54, 1.807) is 27.7 Å². The number of halogens is 1. The van der Waals surface area contributed by atoms with Crippen LogP contribution in [0.4, 0.5) is 14.3 Å². The van der Waals surface area contributed by atoms with E-state index in [1.807, 2.05) is 0 Å². The Labute approximate surface area is 110 Å². The Hall–Kier alpha value is -1.21. The molecule has 102 valence electrons. The highest BCUT2D eigenvalue weighted by Gasteiger charge is 2.20. The highest BCUT2D eigenvalue weighted by molar-refractivity contribution is 7.16. The standard InChI is InChI=1S/C11H18FN3O2S/c1-6-8(7(12)5-13)18-9(14-6)15-10(16)17-11(2,3)4/h7H,5,13H2,1-4H3,(H,14,15,16). The van der Waals surface area contributed by atoms with E-state index in [0.29, 0.717) is 15.7 Å². The fraction of sp³-hybridized carbons (Fsp3) is 0.636. The van der Waals surface area contributed by atoms with E-state index in [2.05, 4.69) is 10.3 Å². The number of rotatable bonds is 3. The van der Waals surface area contributed by atoms with Gasteiger partial charge in [0.15, 0.2) is 5.13 Å². The number of aryl methyl sites for hydroxylation is 1. The number of alkyl halides is 1. The molecule has 0 aliphatic rings. The fourth-order valence-electron chi connectivity index (χ4n) is 1.25. The van der Waals surface area contributed by atoms with Crippen LogP contribution in [0.1, 0.15) is 37.5 Å². The summed E-state index contributed by atoms with van der Waals surface area (Å²) < 4.78 is 18.5. The van der Waals surface area contributed by atoms with E-state index in [0.717, 1.165) is 11.3 Å². The number of nitrogens with one attached hydrogen (secondary N) is 1. The summed E-state index contributed by atoms with van der Waals surface area (Å²) in [5.41, 5.74) is 5.21. The number of carbonyl (C=O) groups excluding carboxylic acids is 1. The number of nitrogens with zero attached hydrogens (tertiary/aromatic N) is 1. The lowest BCUT2D eigenvalue weighted by molar-refractivity contribution is 0.0636. The number of carbonyl (C=O) groups is 1. The number of amides is 1. The van der Waals surface area contributed by atoms with Gasteiger partial charge in [-0.05, 0) is 27.7 Å². The van der Waals surface area contributed by atoms with E-state index in [1.165, 1.54) is 0 Å². The Balaban J connectivity index is 2.72. The van der Waals surface area contributed by atoms with Crippen molar-refractivity contribution in [2.24, 2.45) is 5.73 Å². The molecule has 1 amide bonds. The van der Waals surface area contributed by atoms with Crippen molar-refractivity contribution in [1.29, 1.82) is 0 Å². The lowest BCUT2D eigenvalue weighted by atomic mass is 10.2. The summed E-state index contributed by atoms with van der Waals surface area (Å²) >= 11 is 1.07. The van der Waals surface area contributed by atoms with Crippen LogP contribution in [0.2, 0.25) is 0 Å². The van der Waals surface area contributed by atoms with Crippen LogP contribution in [0.3, 0.4) is 0 Å². The van der Waals surface area contributed by atoms with E-state index in [9.17, 15) is 9.18 Å². The minimum atomic E-state index is -1.25. The van der Waals surface area contributed by atoms with E-state index in [4.69, 9.17) is 10.5 Å². The summed E-state index contributed by atoms with van der Waals surface area (Å²) in [6.45, 7) is 6.86. The minimum absolute atomic E-state index is 0.102. The number of aromatic nitrogens is 1. The molecule has 0 radical (unpaired) electrons. The minimum Gasteiger partial charge on any atom is -0.444 e. The highest BCUT2D eigenvalue weighted by atomic mass is 32.1. The summed E-state index contributed by atoms with van der Waals surface area (Å²) in [5.74, 6) is 0. The Morgan fingerprint density at radius 3 is 2.72 bits per heavy atom. The number of anilines is 1. The van der Waals surface area contributed by atoms with Gasteiger partial charge in [-0.1, -0.05) is 11.3 Å². The van der Waals surface area contributed by atoms with Gasteiger partial charge >= 0.3 is 6.09 Å². The summed E-state index contributed by atoms with van der Waals surface area (Å²) in [6, 6.07) is 0. The second kappa shape index (κ2) is 5.62. The van der Waals surface area contributed by atoms with Crippen LogP contribution < -0.4 is 11.1 Å². The molecule has 1 aromatic rings. The first-order valence-corrected chi connectivity index (χ1v) is 6.36. The molecule has 0 fully saturated rings. The Morgan fingerprint density at radius 2 is 2.22 bits per heavy atom. The van der Waals surface area contributed by atoms with Crippen LogP contribution in [0.25, 0.3) is 0 Å². The van der Waals surface area contributed by atoms with E-state index >= 15 is 0 Å². The van der Waals surface area contributed by atoms with Crippen molar-refractivity contribution in [3.05, 3.63) is 10.6 Å². The van der Waals surface area contributed by atoms with Gasteiger partial charge in [0, 0.05) is 6.54 Å². The number of hydrogen-bond acceptors (Lipinski definition) is 5. The summed E-state index contributed by atoms with van der Waals surface area (Å²) in [6.07, 6.45) is -1.86. The first-order chi connectivity index (χ1) is 8.23. The largest absolute Gasteiger partial charge is 0.444 e. The monoisotopic (exact) mass is 275 g/mol. The topological polar surface area (TPSA) is 77.2 Å². The first-order valence-electron chi connectivity index (χ1n) is 5.54. The average molecular weight is 275 g/mol. The van der Waals surface area contributed by atoms with Crippen LogP contribution in [-0.4, -0.2) is 23.2 Å². The quantitative estimate of drug-likeness (QED) is 0.889. The van der Waals surface area contributed by atoms with Gasteiger partial charge in [-0.3, -0.25) is 5.32 Å². The maximum Gasteiger partial charge on any atom is 0.413 e. The smallest absolute Gasteiger partial charge is 0.413 e. The van der Waals surface area contributed by atoms with Crippen LogP contribution >= 0.6 is 11.3 Å². The fourth-order valence-corrected chi connectivity index (χ4v) is 2.19. The third-order valence-electron chi connectivity index (χ3n) is 1.93. The molecule has 1 atom stereocenters. The second-order valence-electron chi connectivity index (χ2n) is 4.80. The summed E-state index contributed by atoms with van der Waals surface area (Å²) in [4.78, 5) is 16.0. The third-order valence-corrected chi connectivity index (χ3v) is 3.09. The van der Waals surface area contributed by atoms with Crippen molar-refractivity contribution in [2.75, 3.05) is 11.9 Å². The third kappa shape index (κ3) is 4.23. The molecular weight excluding hydrogens is 257 g/mol. The maximum absolute atomic E-state index is 13.4. The lowest BCUT2D eigenvalue weighted by Gasteiger charge is -2.18. The summed E-state index contributed by atoms with van der Waals surface area (Å²) in [5, 5.41) is 2.79. The predicted molar refractivity (Wildman–Crippen MR) is 69.6 cm³/mol. The number of ether oxygens (including phenoxy) is 1. The summed E-state index contributed by atoms with van der Waals surface area (Å²) in [7, 11) is 0. The molecule has 3 N–H and O–H groups in total. The number of hydrogen-bond donors (Lipinski definition) is 2. The molecule has 5 nitrogen and oxygen atoms in total. The molecule has 0 aromatic carbocycles. The molecule has 0 saturated carbocycles. The van der Waals surface area contributed by atoms with Gasteiger partial charge in [0.25, 0.3) is 0 Å². The second-order valence-corrected chi connectivity index (χ2v) is 5.83. The molecule has 0 saturated heterocycles. The van der Waals surface area contributed by atoms with E-state index < -0.39 is 17.9 Å². The zero-order valence-electron chi connectivity index (χ0n) is 10.9. The van der Waals surface area contributed by atoms with Crippen LogP contribution in [0, 0.1) is 6.92 Å². The van der Waals surface area contributed by atoms with E-state index in [-0.39, 0.29) is 6.54 Å². The molecule has 0 aliphatic heterocycles. The Bertz CT molecular complexity index is 428. The van der Waals surface area contributed by atoms with Crippen LogP contribution in [0.15, 0.2) is 0 Å². The molecule has 0 spiro atoms. The van der Waals surface area contributed by atoms with Gasteiger partial charge in [-0.25, -0.2) is 14.2 Å². The highest BCUT2D eigenvalue weighted by Crippen LogP contribution is 2.30. The van der Waals surface area contributed by atoms with Gasteiger partial charge < -0.3 is 10.5 Å². The number of nitrogens with two attached hydrogens (primary N) is 1. The van der Waals surface area contributed by atoms with Gasteiger partial charge in [0.05, 0.1) is 10.6 Å². The first kappa shape index (κ1) is 14.8. The van der Waals surface area contributed by atoms with Gasteiger partial charge in [0.2, 0.25) is 0 Å². The zero-order chi connectivity index (χ0) is 13.9. The van der Waals surface area contributed by atoms with Crippen LogP contribution in [-0.2, 0) is 4.74 Å². The lowest BCUT2D eigenvalue weighted by Crippen LogP contribution is -2.27. The molecule has 1 aromatic heterocycles. The van der Waals surface area contributed by atoms with Crippen molar-refractivity contribution < 1.29 is 13.9 Å². The van der Waals surface area contributed by atoms with Gasteiger partial charge in [-0.2, -0.15) is 0 Å². The molecule has 18 heavy (non-hydrogen) atoms. The molecule has 0 aliphatic carbocycles. The molecule has 1 rings (SSSR count). The Kier molecular flexibility index (Phi) is 4.64. The maximum atomic E-state index is 13.4. The van der Waals surface area contributed by atoms with Crippen molar-refractivity contribution in [1.82, 2.24) is 4.98 Å². The van der Waals surface area contributed by atoms with Crippen molar-refractivity contribution >= 4 is 22.6 Å².